The van der Waals surface area contributed by atoms with E-state index in [9.17, 15) is 0 Å². The first-order valence-electron chi connectivity index (χ1n) is 4.43. The van der Waals surface area contributed by atoms with Gasteiger partial charge < -0.3 is 5.73 Å². The van der Waals surface area contributed by atoms with E-state index in [1.54, 1.807) is 6.20 Å². The molecule has 1 atom stereocenters. The number of nitrogens with zero attached hydrogens (tertiary/aromatic N) is 2. The van der Waals surface area contributed by atoms with Crippen LogP contribution >= 0.6 is 0 Å². The van der Waals surface area contributed by atoms with E-state index in [4.69, 9.17) is 11.0 Å². The van der Waals surface area contributed by atoms with E-state index >= 15 is 0 Å². The van der Waals surface area contributed by atoms with Gasteiger partial charge in [0.05, 0.1) is 0 Å². The normalized spacial score (nSPS) is 17.8. The standard InChI is InChI=1S/C10H11N3/c11-6-9-8(2-1-5-13-9)10(12)7-3-4-7/h1-2,5,7,10H,3-4,12H2/t10-/m1/s1. The molecule has 0 aliphatic heterocycles. The second kappa shape index (κ2) is 3.15. The molecular formula is C10H11N3. The summed E-state index contributed by atoms with van der Waals surface area (Å²) >= 11 is 0. The Hall–Kier alpha value is -1.40. The SMILES string of the molecule is N#Cc1ncccc1[C@H](N)C1CC1. The molecule has 0 aromatic carbocycles. The lowest BCUT2D eigenvalue weighted by Crippen LogP contribution is -2.14. The molecule has 13 heavy (non-hydrogen) atoms. The molecule has 3 heteroatoms. The summed E-state index contributed by atoms with van der Waals surface area (Å²) in [5.41, 5.74) is 7.36. The molecule has 3 nitrogen and oxygen atoms in total. The van der Waals surface area contributed by atoms with Crippen LogP contribution in [0.3, 0.4) is 0 Å². The van der Waals surface area contributed by atoms with Crippen molar-refractivity contribution in [2.45, 2.75) is 18.9 Å². The average Bonchev–Trinajstić information content (AvgIpc) is 3.00. The van der Waals surface area contributed by atoms with Crippen molar-refractivity contribution in [3.8, 4) is 6.07 Å². The van der Waals surface area contributed by atoms with Crippen molar-refractivity contribution in [1.29, 1.82) is 5.26 Å². The summed E-state index contributed by atoms with van der Waals surface area (Å²) < 4.78 is 0. The van der Waals surface area contributed by atoms with Gasteiger partial charge in [0.25, 0.3) is 0 Å². The van der Waals surface area contributed by atoms with Crippen LogP contribution in [0.1, 0.15) is 30.1 Å². The molecule has 0 bridgehead atoms. The quantitative estimate of drug-likeness (QED) is 0.734. The van der Waals surface area contributed by atoms with Gasteiger partial charge in [-0.1, -0.05) is 6.07 Å². The van der Waals surface area contributed by atoms with E-state index in [1.807, 2.05) is 12.1 Å². The summed E-state index contributed by atoms with van der Waals surface area (Å²) in [4.78, 5) is 3.99. The molecule has 1 saturated carbocycles. The number of pyridine rings is 1. The Morgan fingerprint density at radius 2 is 2.38 bits per heavy atom. The smallest absolute Gasteiger partial charge is 0.145 e. The Labute approximate surface area is 77.2 Å². The van der Waals surface area contributed by atoms with Crippen molar-refractivity contribution in [2.24, 2.45) is 11.7 Å². The van der Waals surface area contributed by atoms with Crippen molar-refractivity contribution < 1.29 is 0 Å². The maximum atomic E-state index is 8.80. The summed E-state index contributed by atoms with van der Waals surface area (Å²) in [6, 6.07) is 5.80. The molecule has 2 rings (SSSR count). The lowest BCUT2D eigenvalue weighted by molar-refractivity contribution is 0.629. The topological polar surface area (TPSA) is 62.7 Å². The number of aromatic nitrogens is 1. The van der Waals surface area contributed by atoms with Gasteiger partial charge in [0.15, 0.2) is 0 Å². The lowest BCUT2D eigenvalue weighted by atomic mass is 10.0. The minimum absolute atomic E-state index is 0.00310. The highest BCUT2D eigenvalue weighted by Crippen LogP contribution is 2.39. The van der Waals surface area contributed by atoms with Crippen molar-refractivity contribution in [3.63, 3.8) is 0 Å². The molecule has 1 aromatic rings. The minimum atomic E-state index is 0.00310. The van der Waals surface area contributed by atoms with Gasteiger partial charge >= 0.3 is 0 Å². The number of nitriles is 1. The van der Waals surface area contributed by atoms with E-state index in [-0.39, 0.29) is 6.04 Å². The molecule has 1 heterocycles. The average molecular weight is 173 g/mol. The Bertz CT molecular complexity index is 349. The van der Waals surface area contributed by atoms with Gasteiger partial charge in [0.1, 0.15) is 11.8 Å². The maximum absolute atomic E-state index is 8.80. The molecule has 0 spiro atoms. The number of hydrogen-bond donors (Lipinski definition) is 1. The number of nitrogens with two attached hydrogens (primary N) is 1. The van der Waals surface area contributed by atoms with Gasteiger partial charge in [-0.05, 0) is 24.8 Å². The van der Waals surface area contributed by atoms with Gasteiger partial charge in [0.2, 0.25) is 0 Å². The zero-order valence-electron chi connectivity index (χ0n) is 7.27. The molecule has 1 aromatic heterocycles. The fourth-order valence-electron chi connectivity index (χ4n) is 1.49. The predicted molar refractivity (Wildman–Crippen MR) is 48.6 cm³/mol. The Morgan fingerprint density at radius 1 is 1.62 bits per heavy atom. The van der Waals surface area contributed by atoms with Crippen molar-refractivity contribution >= 4 is 0 Å². The fourth-order valence-corrected chi connectivity index (χ4v) is 1.49. The first kappa shape index (κ1) is 8.21. The van der Waals surface area contributed by atoms with Crippen molar-refractivity contribution in [1.82, 2.24) is 4.98 Å². The second-order valence-electron chi connectivity index (χ2n) is 3.42. The van der Waals surface area contributed by atoms with Gasteiger partial charge in [-0.3, -0.25) is 0 Å². The summed E-state index contributed by atoms with van der Waals surface area (Å²) in [5.74, 6) is 0.566. The second-order valence-corrected chi connectivity index (χ2v) is 3.42. The predicted octanol–water partition coefficient (Wildman–Crippen LogP) is 1.36. The third-order valence-electron chi connectivity index (χ3n) is 2.43. The maximum Gasteiger partial charge on any atom is 0.145 e. The molecule has 0 radical (unpaired) electrons. The van der Waals surface area contributed by atoms with E-state index < -0.39 is 0 Å². The summed E-state index contributed by atoms with van der Waals surface area (Å²) in [5, 5.41) is 8.80. The third kappa shape index (κ3) is 1.53. The van der Waals surface area contributed by atoms with Crippen LogP contribution in [-0.2, 0) is 0 Å². The highest BCUT2D eigenvalue weighted by molar-refractivity contribution is 5.33. The fraction of sp³-hybridized carbons (Fsp3) is 0.400. The Balaban J connectivity index is 2.32. The van der Waals surface area contributed by atoms with E-state index in [0.717, 1.165) is 5.56 Å². The summed E-state index contributed by atoms with van der Waals surface area (Å²) in [7, 11) is 0. The van der Waals surface area contributed by atoms with Crippen LogP contribution in [0.4, 0.5) is 0 Å². The van der Waals surface area contributed by atoms with Gasteiger partial charge in [-0.25, -0.2) is 4.98 Å². The van der Waals surface area contributed by atoms with Crippen LogP contribution in [0.5, 0.6) is 0 Å². The first-order valence-corrected chi connectivity index (χ1v) is 4.43. The zero-order chi connectivity index (χ0) is 9.26. The summed E-state index contributed by atoms with van der Waals surface area (Å²) in [6.45, 7) is 0. The van der Waals surface area contributed by atoms with E-state index in [0.29, 0.717) is 11.6 Å². The van der Waals surface area contributed by atoms with E-state index in [2.05, 4.69) is 11.1 Å². The molecule has 1 fully saturated rings. The molecule has 2 N–H and O–H groups in total. The molecule has 0 saturated heterocycles. The molecule has 66 valence electrons. The van der Waals surface area contributed by atoms with Gasteiger partial charge in [-0.2, -0.15) is 5.26 Å². The first-order chi connectivity index (χ1) is 6.33. The molecule has 0 amide bonds. The third-order valence-corrected chi connectivity index (χ3v) is 2.43. The largest absolute Gasteiger partial charge is 0.324 e. The molecule has 0 unspecified atom stereocenters. The lowest BCUT2D eigenvalue weighted by Gasteiger charge is -2.10. The van der Waals surface area contributed by atoms with Crippen LogP contribution in [0.2, 0.25) is 0 Å². The highest BCUT2D eigenvalue weighted by atomic mass is 14.7. The van der Waals surface area contributed by atoms with Crippen molar-refractivity contribution in [3.05, 3.63) is 29.6 Å². The van der Waals surface area contributed by atoms with Crippen LogP contribution in [0, 0.1) is 17.2 Å². The molecular weight excluding hydrogens is 162 g/mol. The van der Waals surface area contributed by atoms with Crippen LogP contribution in [-0.4, -0.2) is 4.98 Å². The molecule has 1 aliphatic carbocycles. The zero-order valence-corrected chi connectivity index (χ0v) is 7.27. The number of rotatable bonds is 2. The Kier molecular flexibility index (Phi) is 1.99. The highest BCUT2D eigenvalue weighted by Gasteiger charge is 2.30. The molecule has 1 aliphatic rings. The Morgan fingerprint density at radius 3 is 3.00 bits per heavy atom. The number of hydrogen-bond acceptors (Lipinski definition) is 3. The van der Waals surface area contributed by atoms with Crippen molar-refractivity contribution in [2.75, 3.05) is 0 Å². The minimum Gasteiger partial charge on any atom is -0.324 e. The van der Waals surface area contributed by atoms with E-state index in [1.165, 1.54) is 12.8 Å². The van der Waals surface area contributed by atoms with Crippen LogP contribution in [0.25, 0.3) is 0 Å². The van der Waals surface area contributed by atoms with Crippen LogP contribution in [0.15, 0.2) is 18.3 Å². The van der Waals surface area contributed by atoms with Gasteiger partial charge in [0, 0.05) is 17.8 Å². The monoisotopic (exact) mass is 173 g/mol. The summed E-state index contributed by atoms with van der Waals surface area (Å²) in [6.07, 6.45) is 3.99. The van der Waals surface area contributed by atoms with Gasteiger partial charge in [-0.15, -0.1) is 0 Å². The van der Waals surface area contributed by atoms with Crippen LogP contribution < -0.4 is 5.73 Å².